The fourth-order valence-electron chi connectivity index (χ4n) is 8.00. The summed E-state index contributed by atoms with van der Waals surface area (Å²) in [5.41, 5.74) is 9.25. The number of carbonyl (C=O) groups is 5. The number of ether oxygens (including phenoxy) is 2. The third-order valence-electron chi connectivity index (χ3n) is 13.1. The lowest BCUT2D eigenvalue weighted by Crippen LogP contribution is -3.12. The molecule has 0 aliphatic carbocycles. The Morgan fingerprint density at radius 3 is 1.47 bits per heavy atom. The van der Waals surface area contributed by atoms with Crippen LogP contribution in [0.25, 0.3) is 4.85 Å². The van der Waals surface area contributed by atoms with E-state index in [1.807, 2.05) is 24.5 Å². The number of nitrogens with zero attached hydrogens (tertiary/aromatic N) is 5. The summed E-state index contributed by atoms with van der Waals surface area (Å²) in [4.78, 5) is 68.7. The van der Waals surface area contributed by atoms with E-state index < -0.39 is 63.2 Å². The maximum absolute atomic E-state index is 13.3. The zero-order chi connectivity index (χ0) is 66.1. The summed E-state index contributed by atoms with van der Waals surface area (Å²) in [7, 11) is -1.49. The van der Waals surface area contributed by atoms with Crippen molar-refractivity contribution in [3.05, 3.63) is 129 Å². The van der Waals surface area contributed by atoms with E-state index in [0.717, 1.165) is 5.01 Å². The second-order valence-corrected chi connectivity index (χ2v) is 28.1. The predicted octanol–water partition coefficient (Wildman–Crippen LogP) is 8.91. The number of nitriles is 2. The van der Waals surface area contributed by atoms with Gasteiger partial charge in [0.05, 0.1) is 50.5 Å². The zero-order valence-corrected chi connectivity index (χ0v) is 55.4. The number of quaternary nitrogens is 1. The van der Waals surface area contributed by atoms with Crippen molar-refractivity contribution >= 4 is 63.2 Å². The number of hydrogen-bond donors (Lipinski definition) is 6. The Labute approximate surface area is 515 Å². The molecule has 1 aliphatic rings. The highest BCUT2D eigenvalue weighted by molar-refractivity contribution is 6.83. The van der Waals surface area contributed by atoms with Crippen LogP contribution in [0, 0.1) is 43.2 Å². The molecule has 4 aromatic carbocycles. The van der Waals surface area contributed by atoms with Crippen LogP contribution in [-0.4, -0.2) is 122 Å². The van der Waals surface area contributed by atoms with Crippen LogP contribution in [0.4, 0.5) is 0 Å². The van der Waals surface area contributed by atoms with Gasteiger partial charge in [-0.3, -0.25) is 39.7 Å². The summed E-state index contributed by atoms with van der Waals surface area (Å²) in [6.45, 7) is 46.3. The molecule has 468 valence electrons. The maximum Gasteiger partial charge on any atom is 0.497 e. The fourth-order valence-corrected chi connectivity index (χ4v) is 8.00. The van der Waals surface area contributed by atoms with Crippen molar-refractivity contribution in [3.8, 4) is 23.8 Å². The summed E-state index contributed by atoms with van der Waals surface area (Å²) >= 11 is 0. The van der Waals surface area contributed by atoms with Crippen molar-refractivity contribution in [2.75, 3.05) is 33.9 Å². The van der Waals surface area contributed by atoms with Crippen molar-refractivity contribution in [1.29, 1.82) is 10.5 Å². The van der Waals surface area contributed by atoms with Crippen molar-refractivity contribution in [1.82, 2.24) is 20.9 Å². The lowest BCUT2D eigenvalue weighted by atomic mass is 9.76. The van der Waals surface area contributed by atoms with Crippen LogP contribution in [0.15, 0.2) is 72.8 Å². The largest absolute Gasteiger partial charge is 0.497 e. The average Bonchev–Trinajstić information content (AvgIpc) is 1.69. The van der Waals surface area contributed by atoms with Gasteiger partial charge in [-0.15, -0.1) is 0 Å². The molecule has 0 spiro atoms. The average molecular weight is 1200 g/mol. The molecule has 1 heterocycles. The Hall–Kier alpha value is -7.35. The number of aldehydes is 1. The Morgan fingerprint density at radius 2 is 1.14 bits per heavy atom. The fraction of sp³-hybridized carbons (Fsp3) is 0.500. The number of amides is 4. The Bertz CT molecular complexity index is 2870. The van der Waals surface area contributed by atoms with Gasteiger partial charge >= 0.3 is 20.5 Å². The van der Waals surface area contributed by atoms with Gasteiger partial charge in [-0.25, -0.2) is 27.1 Å². The molecule has 0 aromatic heterocycles. The predicted molar refractivity (Wildman–Crippen MR) is 345 cm³/mol. The molecule has 0 saturated heterocycles. The Balaban J connectivity index is 0.00000121. The summed E-state index contributed by atoms with van der Waals surface area (Å²) in [5.74, 6) is -0.858. The van der Waals surface area contributed by atoms with Crippen LogP contribution in [0.2, 0.25) is 19.6 Å². The molecule has 0 bridgehead atoms. The monoisotopic (exact) mass is 1200 g/mol. The van der Waals surface area contributed by atoms with Crippen molar-refractivity contribution in [3.63, 3.8) is 0 Å². The van der Waals surface area contributed by atoms with Crippen LogP contribution < -0.4 is 36.2 Å². The first-order valence-electron chi connectivity index (χ1n) is 29.3. The molecular weight excluding hydrogens is 1110 g/mol. The van der Waals surface area contributed by atoms with E-state index in [4.69, 9.17) is 31.2 Å². The number of methoxy groups -OCH3 is 2. The third kappa shape index (κ3) is 25.7. The number of carbonyl (C=O) groups excluding carboxylic acids is 5. The van der Waals surface area contributed by atoms with Gasteiger partial charge in [0.2, 0.25) is 0 Å². The SMILES string of the molecule is C#N.CCCC.CCCC[NH+](CCCC)CCCC.COc1cccc(C(=O)NN(C(=O)c2ccc(C=O)c(B(O)O)c2)C(C)(C)C)c1C.C[Si](C)(C)C#N.[C-]#[N+]C1OB(O)c2cc(C(=O)N(NC(=O)c3cccc(OC)c3C)C(C)(C)C)ccc21. The van der Waals surface area contributed by atoms with Crippen LogP contribution in [0.1, 0.15) is 202 Å². The molecule has 19 nitrogen and oxygen atoms in total. The van der Waals surface area contributed by atoms with E-state index in [1.54, 1.807) is 104 Å². The van der Waals surface area contributed by atoms with Crippen LogP contribution in [0.5, 0.6) is 11.5 Å². The molecule has 0 saturated carbocycles. The molecule has 0 fully saturated rings. The number of nitrogens with one attached hydrogen (secondary N) is 3. The quantitative estimate of drug-likeness (QED) is 0.0236. The second-order valence-electron chi connectivity index (χ2n) is 23.3. The minimum Gasteiger partial charge on any atom is -0.496 e. The maximum atomic E-state index is 13.3. The zero-order valence-electron chi connectivity index (χ0n) is 54.4. The van der Waals surface area contributed by atoms with Gasteiger partial charge in [0.1, 0.15) is 17.8 Å². The van der Waals surface area contributed by atoms with Gasteiger partial charge in [-0.05, 0) is 140 Å². The van der Waals surface area contributed by atoms with Crippen molar-refractivity contribution in [2.24, 2.45) is 0 Å². The minimum absolute atomic E-state index is 0.0555. The molecule has 5 rings (SSSR count). The minimum atomic E-state index is -1.92. The van der Waals surface area contributed by atoms with E-state index in [9.17, 15) is 39.0 Å². The first-order chi connectivity index (χ1) is 40.4. The molecule has 86 heavy (non-hydrogen) atoms. The van der Waals surface area contributed by atoms with Crippen molar-refractivity contribution in [2.45, 2.75) is 178 Å². The Morgan fingerprint density at radius 1 is 0.744 bits per heavy atom. The molecule has 1 unspecified atom stereocenters. The summed E-state index contributed by atoms with van der Waals surface area (Å²) in [6, 6.07) is 18.7. The van der Waals surface area contributed by atoms with E-state index in [0.29, 0.717) is 51.1 Å². The topological polar surface area (TPSA) is 261 Å². The van der Waals surface area contributed by atoms with Gasteiger partial charge in [-0.2, -0.15) is 0 Å². The van der Waals surface area contributed by atoms with E-state index in [1.165, 1.54) is 114 Å². The Kier molecular flexibility index (Phi) is 36.0. The van der Waals surface area contributed by atoms with E-state index >= 15 is 0 Å². The van der Waals surface area contributed by atoms with E-state index in [2.05, 4.69) is 62.6 Å². The van der Waals surface area contributed by atoms with Gasteiger partial charge in [0.25, 0.3) is 23.6 Å². The molecule has 22 heteroatoms. The lowest BCUT2D eigenvalue weighted by Gasteiger charge is -2.35. The van der Waals surface area contributed by atoms with Gasteiger partial charge in [-0.1, -0.05) is 105 Å². The first-order valence-corrected chi connectivity index (χ1v) is 32.8. The number of fused-ring (bicyclic) bond motifs is 1. The van der Waals surface area contributed by atoms with Crippen molar-refractivity contribution < 1.29 is 58.1 Å². The molecule has 1 atom stereocenters. The van der Waals surface area contributed by atoms with E-state index in [-0.39, 0.29) is 22.2 Å². The first kappa shape index (κ1) is 78.6. The second kappa shape index (κ2) is 39.4. The summed E-state index contributed by atoms with van der Waals surface area (Å²) in [5, 5.41) is 46.2. The highest BCUT2D eigenvalue weighted by Gasteiger charge is 2.40. The molecule has 1 aliphatic heterocycles. The highest BCUT2D eigenvalue weighted by Crippen LogP contribution is 2.27. The smallest absolute Gasteiger partial charge is 0.496 e. The molecular formula is C64H97B2N8O11Si+. The van der Waals surface area contributed by atoms with Crippen LogP contribution >= 0.6 is 0 Å². The summed E-state index contributed by atoms with van der Waals surface area (Å²) in [6.07, 6.45) is 10.5. The highest BCUT2D eigenvalue weighted by atomic mass is 28.3. The van der Waals surface area contributed by atoms with Gasteiger partial charge in [0, 0.05) is 51.2 Å². The molecule has 4 aromatic rings. The molecule has 6 N–H and O–H groups in total. The van der Waals surface area contributed by atoms with Crippen LogP contribution in [-0.2, 0) is 4.65 Å². The number of rotatable bonds is 18. The molecule has 4 amide bonds. The molecule has 0 radical (unpaired) electrons. The third-order valence-corrected chi connectivity index (χ3v) is 13.8. The summed E-state index contributed by atoms with van der Waals surface area (Å²) < 4.78 is 15.7. The number of unbranched alkanes of at least 4 members (excludes halogenated alkanes) is 4. The normalized spacial score (nSPS) is 12.0. The number of hydrogen-bond acceptors (Lipinski definition) is 13. The van der Waals surface area contributed by atoms with Gasteiger partial charge in [0.15, 0.2) is 8.07 Å². The lowest BCUT2D eigenvalue weighted by molar-refractivity contribution is -0.900. The van der Waals surface area contributed by atoms with Gasteiger partial charge < -0.3 is 34.1 Å². The standard InChI is InChI=1S/C22H24BN3O5.C21H25BN2O6.C12H27N.C4H9NSi.C4H10.CHN/c1-13-15(8-7-9-18(13)30-6)19(27)25-26(22(2,3)4)21(28)14-10-11-16-17(12-14)23(29)31-20(16)24-5;1-13-16(7-6-8-18(13)30-5)19(26)23-24(21(2,3)4)20(27)14-9-10-15(12-25)17(11-14)22(28)29;1-4-7-10-13(11-8-5-2)12-9-6-3;1-6(2,3)4-5;1-3-4-2;1-2/h7-12,20,29H,1-4,6H3,(H,25,27);6-12,28-29H,1-5H3,(H,23,26);4-12H2,1-3H3;1-3H3;3-4H2,1-2H3;1H/p+1. The van der Waals surface area contributed by atoms with Crippen LogP contribution in [0.3, 0.4) is 0 Å². The number of benzene rings is 4. The number of hydrazine groups is 2.